The van der Waals surface area contributed by atoms with Gasteiger partial charge >= 0.3 is 11.2 Å². The quantitative estimate of drug-likeness (QED) is 0.410. The maximum absolute atomic E-state index is 12.7. The van der Waals surface area contributed by atoms with Crippen LogP contribution in [0.25, 0.3) is 0 Å². The summed E-state index contributed by atoms with van der Waals surface area (Å²) in [6, 6.07) is 23.9. The third-order valence-corrected chi connectivity index (χ3v) is 8.68. The lowest BCUT2D eigenvalue weighted by molar-refractivity contribution is 0.419. The Morgan fingerprint density at radius 1 is 0.719 bits per heavy atom. The number of hydrogen-bond donors (Lipinski definition) is 3. The molecule has 0 spiro atoms. The minimum Gasteiger partial charge on any atom is -0.492 e. The van der Waals surface area contributed by atoms with Gasteiger partial charge in [-0.2, -0.15) is 0 Å². The minimum atomic E-state index is -2.93. The highest BCUT2D eigenvalue weighted by Gasteiger charge is 2.51. The molecule has 0 saturated carbocycles. The molecule has 4 rings (SSSR count). The third-order valence-electron chi connectivity index (χ3n) is 5.20. The van der Waals surface area contributed by atoms with Crippen LogP contribution in [-0.4, -0.2) is 15.1 Å². The zero-order valence-electron chi connectivity index (χ0n) is 18.0. The summed E-state index contributed by atoms with van der Waals surface area (Å²) in [5.74, 6) is -0.918. The molecule has 0 radical (unpaired) electrons. The molecule has 0 atom stereocenters. The number of H-pyrrole nitrogens is 2. The maximum Gasteiger partial charge on any atom is 0.328 e. The van der Waals surface area contributed by atoms with Gasteiger partial charge in [0.15, 0.2) is 0 Å². The Kier molecular flexibility index (Phi) is 5.72. The highest BCUT2D eigenvalue weighted by molar-refractivity contribution is 7.92. The molecule has 4 aromatic rings. The first-order chi connectivity index (χ1) is 15.3. The molecule has 0 bridgehead atoms. The van der Waals surface area contributed by atoms with Crippen molar-refractivity contribution in [3.05, 3.63) is 110 Å². The molecule has 32 heavy (non-hydrogen) atoms. The van der Waals surface area contributed by atoms with Crippen LogP contribution in [0.5, 0.6) is 11.6 Å². The van der Waals surface area contributed by atoms with Crippen LogP contribution in [0, 0.1) is 20.8 Å². The van der Waals surface area contributed by atoms with Crippen LogP contribution in [0.4, 0.5) is 0 Å². The molecule has 6 nitrogen and oxygen atoms in total. The molecule has 0 aliphatic heterocycles. The molecule has 162 valence electrons. The Balaban J connectivity index is 2.13. The Morgan fingerprint density at radius 3 is 1.53 bits per heavy atom. The first-order valence-electron chi connectivity index (χ1n) is 10.2. The predicted molar refractivity (Wildman–Crippen MR) is 129 cm³/mol. The summed E-state index contributed by atoms with van der Waals surface area (Å²) < 4.78 is 6.59. The van der Waals surface area contributed by atoms with E-state index in [4.69, 9.17) is 4.52 Å². The van der Waals surface area contributed by atoms with Crippen LogP contribution in [-0.2, 0) is 0 Å². The van der Waals surface area contributed by atoms with Crippen molar-refractivity contribution in [1.29, 1.82) is 0 Å². The van der Waals surface area contributed by atoms with Crippen molar-refractivity contribution in [1.82, 2.24) is 9.97 Å². The Morgan fingerprint density at radius 2 is 1.16 bits per heavy atom. The fourth-order valence-electron chi connectivity index (χ4n) is 3.76. The van der Waals surface area contributed by atoms with Gasteiger partial charge in [0, 0.05) is 0 Å². The molecule has 1 heterocycles. The largest absolute Gasteiger partial charge is 0.492 e. The van der Waals surface area contributed by atoms with Crippen molar-refractivity contribution in [3.63, 3.8) is 0 Å². The van der Waals surface area contributed by atoms with Gasteiger partial charge in [-0.1, -0.05) is 36.4 Å². The van der Waals surface area contributed by atoms with E-state index in [1.807, 2.05) is 93.6 Å². The van der Waals surface area contributed by atoms with E-state index in [0.717, 1.165) is 32.6 Å². The van der Waals surface area contributed by atoms with E-state index < -0.39 is 24.6 Å². The third kappa shape index (κ3) is 3.97. The second-order valence-electron chi connectivity index (χ2n) is 7.80. The van der Waals surface area contributed by atoms with E-state index in [0.29, 0.717) is 0 Å². The lowest BCUT2D eigenvalue weighted by Crippen LogP contribution is -2.37. The maximum atomic E-state index is 12.7. The van der Waals surface area contributed by atoms with E-state index in [9.17, 15) is 14.7 Å². The molecule has 1 aromatic heterocycles. The molecule has 0 saturated heterocycles. The smallest absolute Gasteiger partial charge is 0.328 e. The van der Waals surface area contributed by atoms with Gasteiger partial charge < -0.3 is 9.63 Å². The lowest BCUT2D eigenvalue weighted by Gasteiger charge is -2.26. The zero-order chi connectivity index (χ0) is 22.9. The average molecular weight is 447 g/mol. The van der Waals surface area contributed by atoms with Crippen molar-refractivity contribution >= 4 is 23.4 Å². The lowest BCUT2D eigenvalue weighted by atomic mass is 10.2. The highest BCUT2D eigenvalue weighted by Crippen LogP contribution is 2.56. The van der Waals surface area contributed by atoms with Gasteiger partial charge in [0.05, 0.1) is 0 Å². The van der Waals surface area contributed by atoms with E-state index in [2.05, 4.69) is 9.97 Å². The van der Waals surface area contributed by atoms with E-state index >= 15 is 0 Å². The van der Waals surface area contributed by atoms with Crippen molar-refractivity contribution in [2.75, 3.05) is 0 Å². The molecule has 3 aromatic carbocycles. The Labute approximate surface area is 186 Å². The molecule has 0 fully saturated rings. The number of aromatic nitrogens is 2. The second-order valence-corrected chi connectivity index (χ2v) is 10.8. The standard InChI is InChI=1S/C25H23N2O4P/c1-16-7-4-10-19(13-16)32(20-11-5-8-17(2)14-20,21-12-6-9-18(3)15-21)31-22-23(28)26-25(30)27-24(22)29/h4-15H,1-3H3,(H2-,26,27,28,29,30)/p+1. The van der Waals surface area contributed by atoms with Gasteiger partial charge in [0.1, 0.15) is 15.9 Å². The van der Waals surface area contributed by atoms with E-state index in [-0.39, 0.29) is 5.75 Å². The molecule has 7 heteroatoms. The number of hydrogen-bond acceptors (Lipinski definition) is 4. The Hall–Kier alpha value is -3.63. The fraction of sp³-hybridized carbons (Fsp3) is 0.120. The van der Waals surface area contributed by atoms with Crippen LogP contribution >= 0.6 is 7.49 Å². The number of benzene rings is 3. The minimum absolute atomic E-state index is 0.317. The van der Waals surface area contributed by atoms with Crippen molar-refractivity contribution in [3.8, 4) is 11.6 Å². The van der Waals surface area contributed by atoms with Crippen LogP contribution < -0.4 is 31.7 Å². The van der Waals surface area contributed by atoms with Gasteiger partial charge in [-0.25, -0.2) is 4.79 Å². The highest BCUT2D eigenvalue weighted by atomic mass is 31.2. The molecule has 0 unspecified atom stereocenters. The van der Waals surface area contributed by atoms with E-state index in [1.54, 1.807) is 0 Å². The van der Waals surface area contributed by atoms with Gasteiger partial charge in [-0.15, -0.1) is 0 Å². The number of aromatic hydroxyl groups is 1. The van der Waals surface area contributed by atoms with Crippen LogP contribution in [0.2, 0.25) is 0 Å². The molecular weight excluding hydrogens is 423 g/mol. The first kappa shape index (κ1) is 21.6. The number of aromatic amines is 2. The summed E-state index contributed by atoms with van der Waals surface area (Å²) in [6.07, 6.45) is 0. The number of nitrogens with one attached hydrogen (secondary N) is 2. The normalized spacial score (nSPS) is 11.3. The van der Waals surface area contributed by atoms with Crippen LogP contribution in [0.15, 0.2) is 82.4 Å². The summed E-state index contributed by atoms with van der Waals surface area (Å²) in [7, 11) is -2.93. The summed E-state index contributed by atoms with van der Waals surface area (Å²) in [5, 5.41) is 13.1. The van der Waals surface area contributed by atoms with Gasteiger partial charge in [0.2, 0.25) is 5.88 Å². The summed E-state index contributed by atoms with van der Waals surface area (Å²) >= 11 is 0. The van der Waals surface area contributed by atoms with Crippen molar-refractivity contribution in [2.45, 2.75) is 20.8 Å². The summed E-state index contributed by atoms with van der Waals surface area (Å²) in [4.78, 5) is 28.7. The first-order valence-corrected chi connectivity index (χ1v) is 11.9. The zero-order valence-corrected chi connectivity index (χ0v) is 18.9. The van der Waals surface area contributed by atoms with Gasteiger partial charge in [-0.05, 0) is 73.9 Å². The SMILES string of the molecule is Cc1cccc([P+](Oc2c(O)[nH]c(=O)[nH]c2=O)(c2cccc(C)c2)c2cccc(C)c2)c1. The Bertz CT molecular complexity index is 1300. The molecular formula is C25H24N2O4P+. The van der Waals surface area contributed by atoms with Gasteiger partial charge in [-0.3, -0.25) is 14.8 Å². The molecule has 3 N–H and O–H groups in total. The molecule has 0 aliphatic rings. The topological polar surface area (TPSA) is 95.2 Å². The molecule has 0 amide bonds. The summed E-state index contributed by atoms with van der Waals surface area (Å²) in [5.41, 5.74) is 1.52. The van der Waals surface area contributed by atoms with E-state index in [1.165, 1.54) is 0 Å². The van der Waals surface area contributed by atoms with Crippen LogP contribution in [0.1, 0.15) is 16.7 Å². The average Bonchev–Trinajstić information content (AvgIpc) is 2.73. The molecule has 0 aliphatic carbocycles. The predicted octanol–water partition coefficient (Wildman–Crippen LogP) is 2.98. The number of aryl methyl sites for hydroxylation is 3. The fourth-order valence-corrected chi connectivity index (χ4v) is 7.46. The number of rotatable bonds is 5. The second kappa shape index (κ2) is 8.48. The van der Waals surface area contributed by atoms with Gasteiger partial charge in [0.25, 0.3) is 13.2 Å². The monoisotopic (exact) mass is 447 g/mol. The van der Waals surface area contributed by atoms with Crippen molar-refractivity contribution in [2.24, 2.45) is 0 Å². The van der Waals surface area contributed by atoms with Crippen LogP contribution in [0.3, 0.4) is 0 Å². The van der Waals surface area contributed by atoms with Crippen molar-refractivity contribution < 1.29 is 9.63 Å². The summed E-state index contributed by atoms with van der Waals surface area (Å²) in [6.45, 7) is 5.98.